The normalized spacial score (nSPS) is 10.1. The molecular formula is C13H13ClN6O. The second-order valence-corrected chi connectivity index (χ2v) is 4.12. The van der Waals surface area contributed by atoms with Crippen molar-refractivity contribution in [2.75, 3.05) is 18.6 Å². The van der Waals surface area contributed by atoms with Crippen LogP contribution in [0.2, 0.25) is 0 Å². The first-order valence-corrected chi connectivity index (χ1v) is 5.87. The van der Waals surface area contributed by atoms with Crippen molar-refractivity contribution in [2.24, 2.45) is 0 Å². The van der Waals surface area contributed by atoms with Crippen LogP contribution in [0.3, 0.4) is 0 Å². The Balaban J connectivity index is 0.00000161. The highest BCUT2D eigenvalue weighted by atomic mass is 35.5. The molecule has 0 saturated heterocycles. The third kappa shape index (κ3) is 2.77. The maximum atomic E-state index is 5.80. The van der Waals surface area contributed by atoms with E-state index in [0.29, 0.717) is 16.9 Å². The number of benzene rings is 1. The molecule has 0 bridgehead atoms. The van der Waals surface area contributed by atoms with E-state index in [0.717, 1.165) is 11.3 Å². The lowest BCUT2D eigenvalue weighted by Crippen LogP contribution is -2.03. The number of methoxy groups -OCH3 is 1. The van der Waals surface area contributed by atoms with Gasteiger partial charge in [0.25, 0.3) is 0 Å². The summed E-state index contributed by atoms with van der Waals surface area (Å²) in [7, 11) is 1.62. The molecule has 8 heteroatoms. The van der Waals surface area contributed by atoms with Gasteiger partial charge in [-0.3, -0.25) is 0 Å². The van der Waals surface area contributed by atoms with Gasteiger partial charge in [-0.25, -0.2) is 9.97 Å². The van der Waals surface area contributed by atoms with Gasteiger partial charge in [-0.15, -0.1) is 12.4 Å². The van der Waals surface area contributed by atoms with E-state index in [-0.39, 0.29) is 24.2 Å². The standard InChI is InChI=1S/C13H12N6O.ClH/c1-20-8-4-2-7(3-5-8)9-6-16-12-10(17-9)11(14)18-13(15)19-12;/h2-6H,1H3,(H4,14,15,16,18,19);1H. The van der Waals surface area contributed by atoms with Crippen LogP contribution in [0.25, 0.3) is 22.4 Å². The second-order valence-electron chi connectivity index (χ2n) is 4.12. The van der Waals surface area contributed by atoms with E-state index in [2.05, 4.69) is 19.9 Å². The number of aromatic nitrogens is 4. The second kappa shape index (κ2) is 5.76. The van der Waals surface area contributed by atoms with Gasteiger partial charge in [0, 0.05) is 5.56 Å². The van der Waals surface area contributed by atoms with Crippen LogP contribution in [0.15, 0.2) is 30.5 Å². The Labute approximate surface area is 126 Å². The minimum atomic E-state index is 0. The predicted molar refractivity (Wildman–Crippen MR) is 83.2 cm³/mol. The summed E-state index contributed by atoms with van der Waals surface area (Å²) in [6, 6.07) is 7.49. The molecule has 0 aliphatic rings. The molecule has 0 spiro atoms. The summed E-state index contributed by atoms with van der Waals surface area (Å²) in [6.45, 7) is 0. The van der Waals surface area contributed by atoms with Crippen molar-refractivity contribution in [1.29, 1.82) is 0 Å². The molecule has 0 radical (unpaired) electrons. The largest absolute Gasteiger partial charge is 0.497 e. The number of fused-ring (bicyclic) bond motifs is 1. The number of halogens is 1. The summed E-state index contributed by atoms with van der Waals surface area (Å²) in [4.78, 5) is 16.5. The highest BCUT2D eigenvalue weighted by molar-refractivity contribution is 5.85. The fraction of sp³-hybridized carbons (Fsp3) is 0.0769. The van der Waals surface area contributed by atoms with Gasteiger partial charge in [0.1, 0.15) is 5.75 Å². The summed E-state index contributed by atoms with van der Waals surface area (Å²) < 4.78 is 5.12. The molecule has 0 atom stereocenters. The Morgan fingerprint density at radius 1 is 1.00 bits per heavy atom. The summed E-state index contributed by atoms with van der Waals surface area (Å²) >= 11 is 0. The lowest BCUT2D eigenvalue weighted by molar-refractivity contribution is 0.415. The molecule has 2 heterocycles. The lowest BCUT2D eigenvalue weighted by Gasteiger charge is -2.05. The first kappa shape index (κ1) is 14.7. The molecule has 7 nitrogen and oxygen atoms in total. The Bertz CT molecular complexity index is 777. The van der Waals surface area contributed by atoms with Crippen molar-refractivity contribution in [3.8, 4) is 17.0 Å². The first-order valence-electron chi connectivity index (χ1n) is 5.87. The van der Waals surface area contributed by atoms with Crippen LogP contribution >= 0.6 is 12.4 Å². The van der Waals surface area contributed by atoms with Gasteiger partial charge >= 0.3 is 0 Å². The number of hydrogen-bond acceptors (Lipinski definition) is 7. The molecule has 21 heavy (non-hydrogen) atoms. The SMILES string of the molecule is COc1ccc(-c2cnc3nc(N)nc(N)c3n2)cc1.Cl. The van der Waals surface area contributed by atoms with Crippen LogP contribution in [0, 0.1) is 0 Å². The molecule has 108 valence electrons. The Morgan fingerprint density at radius 2 is 1.71 bits per heavy atom. The van der Waals surface area contributed by atoms with E-state index < -0.39 is 0 Å². The Morgan fingerprint density at radius 3 is 2.38 bits per heavy atom. The molecule has 0 saturated carbocycles. The molecule has 0 unspecified atom stereocenters. The highest BCUT2D eigenvalue weighted by Gasteiger charge is 2.08. The van der Waals surface area contributed by atoms with Gasteiger partial charge in [0.2, 0.25) is 5.95 Å². The molecule has 1 aromatic carbocycles. The lowest BCUT2D eigenvalue weighted by atomic mass is 10.1. The van der Waals surface area contributed by atoms with Crippen molar-refractivity contribution in [3.05, 3.63) is 30.5 Å². The van der Waals surface area contributed by atoms with Gasteiger partial charge in [0.15, 0.2) is 17.0 Å². The van der Waals surface area contributed by atoms with Crippen LogP contribution in [0.4, 0.5) is 11.8 Å². The topological polar surface area (TPSA) is 113 Å². The zero-order valence-corrected chi connectivity index (χ0v) is 12.0. The van der Waals surface area contributed by atoms with E-state index in [1.807, 2.05) is 24.3 Å². The third-order valence-corrected chi connectivity index (χ3v) is 2.84. The highest BCUT2D eigenvalue weighted by Crippen LogP contribution is 2.23. The Kier molecular flexibility index (Phi) is 4.04. The molecule has 3 rings (SSSR count). The summed E-state index contributed by atoms with van der Waals surface area (Å²) in [6.07, 6.45) is 1.62. The molecular weight excluding hydrogens is 292 g/mol. The van der Waals surface area contributed by atoms with Crippen LogP contribution in [-0.2, 0) is 0 Å². The van der Waals surface area contributed by atoms with Crippen molar-refractivity contribution in [1.82, 2.24) is 19.9 Å². The van der Waals surface area contributed by atoms with E-state index in [4.69, 9.17) is 16.2 Å². The van der Waals surface area contributed by atoms with E-state index in [9.17, 15) is 0 Å². The summed E-state index contributed by atoms with van der Waals surface area (Å²) in [5.41, 5.74) is 13.7. The molecule has 2 aromatic heterocycles. The van der Waals surface area contributed by atoms with E-state index in [1.165, 1.54) is 0 Å². The van der Waals surface area contributed by atoms with E-state index in [1.54, 1.807) is 13.3 Å². The van der Waals surface area contributed by atoms with Crippen LogP contribution in [0.5, 0.6) is 5.75 Å². The van der Waals surface area contributed by atoms with Crippen molar-refractivity contribution < 1.29 is 4.74 Å². The number of nitrogen functional groups attached to an aromatic ring is 2. The van der Waals surface area contributed by atoms with Crippen LogP contribution in [-0.4, -0.2) is 27.0 Å². The Hall–Kier alpha value is -2.67. The van der Waals surface area contributed by atoms with Gasteiger partial charge in [0.05, 0.1) is 19.0 Å². The van der Waals surface area contributed by atoms with E-state index >= 15 is 0 Å². The first-order chi connectivity index (χ1) is 9.67. The van der Waals surface area contributed by atoms with Gasteiger partial charge in [-0.2, -0.15) is 9.97 Å². The number of rotatable bonds is 2. The molecule has 0 amide bonds. The molecule has 0 aliphatic heterocycles. The fourth-order valence-corrected chi connectivity index (χ4v) is 1.85. The van der Waals surface area contributed by atoms with Crippen LogP contribution < -0.4 is 16.2 Å². The average molecular weight is 305 g/mol. The van der Waals surface area contributed by atoms with Crippen molar-refractivity contribution in [3.63, 3.8) is 0 Å². The van der Waals surface area contributed by atoms with Crippen molar-refractivity contribution >= 4 is 35.3 Å². The monoisotopic (exact) mass is 304 g/mol. The zero-order valence-electron chi connectivity index (χ0n) is 11.1. The fourth-order valence-electron chi connectivity index (χ4n) is 1.85. The number of nitrogens with zero attached hydrogens (tertiary/aromatic N) is 4. The van der Waals surface area contributed by atoms with Crippen molar-refractivity contribution in [2.45, 2.75) is 0 Å². The molecule has 4 N–H and O–H groups in total. The number of anilines is 2. The summed E-state index contributed by atoms with van der Waals surface area (Å²) in [5.74, 6) is 1.08. The number of ether oxygens (including phenoxy) is 1. The predicted octanol–water partition coefficient (Wildman–Crippen LogP) is 1.68. The zero-order chi connectivity index (χ0) is 14.1. The molecule has 0 fully saturated rings. The minimum Gasteiger partial charge on any atom is -0.497 e. The maximum absolute atomic E-state index is 5.80. The van der Waals surface area contributed by atoms with Gasteiger partial charge in [-0.1, -0.05) is 0 Å². The molecule has 3 aromatic rings. The third-order valence-electron chi connectivity index (χ3n) is 2.84. The smallest absolute Gasteiger partial charge is 0.224 e. The summed E-state index contributed by atoms with van der Waals surface area (Å²) in [5, 5.41) is 0. The number of nitrogens with two attached hydrogens (primary N) is 2. The average Bonchev–Trinajstić information content (AvgIpc) is 2.47. The maximum Gasteiger partial charge on any atom is 0.224 e. The minimum absolute atomic E-state index is 0. The van der Waals surface area contributed by atoms with Gasteiger partial charge in [-0.05, 0) is 24.3 Å². The quantitative estimate of drug-likeness (QED) is 0.740. The van der Waals surface area contributed by atoms with Crippen LogP contribution in [0.1, 0.15) is 0 Å². The van der Waals surface area contributed by atoms with Gasteiger partial charge < -0.3 is 16.2 Å². The number of hydrogen-bond donors (Lipinski definition) is 2. The molecule has 0 aliphatic carbocycles.